The standard InChI is InChI=1S/C37H50N6O7S2/c1-6-42-31-20-18-27(51(45,46)47)25-29(31)36(2,3)33(42)15-14-16-34-37(4,5)30-26-28(52(48,49)50)19-21-32(30)43(34)24-13-9-10-17-35(44)39-22-11-7-8-12-23-40-41-38/h14-16,18-21,25-26H,6-13,17,22-24H2,1-5H3,(H2-,39,44,45,46,47,48,49,50). The third-order valence-electron chi connectivity index (χ3n) is 9.99. The summed E-state index contributed by atoms with van der Waals surface area (Å²) in [4.78, 5) is 16.8. The molecule has 2 aromatic carbocycles. The largest absolute Gasteiger partial charge is 0.744 e. The zero-order valence-corrected chi connectivity index (χ0v) is 32.3. The van der Waals surface area contributed by atoms with Crippen LogP contribution in [0.1, 0.15) is 97.1 Å². The predicted octanol–water partition coefficient (Wildman–Crippen LogP) is 7.02. The number of hydrogen-bond acceptors (Lipinski definition) is 8. The molecule has 0 atom stereocenters. The van der Waals surface area contributed by atoms with Crippen LogP contribution in [-0.4, -0.2) is 68.3 Å². The summed E-state index contributed by atoms with van der Waals surface area (Å²) in [5.74, 6) is 0.0172. The van der Waals surface area contributed by atoms with Gasteiger partial charge in [-0.3, -0.25) is 9.35 Å². The number of azide groups is 1. The number of carbonyl (C=O) groups is 1. The molecule has 0 unspecified atom stereocenters. The number of hydrogen-bond donors (Lipinski definition) is 2. The van der Waals surface area contributed by atoms with Gasteiger partial charge in [0.15, 0.2) is 5.71 Å². The minimum atomic E-state index is -4.66. The molecule has 0 saturated heterocycles. The Hall–Kier alpha value is -4.01. The van der Waals surface area contributed by atoms with Crippen molar-refractivity contribution in [2.45, 2.75) is 107 Å². The molecule has 4 rings (SSSR count). The summed E-state index contributed by atoms with van der Waals surface area (Å²) in [6.07, 6.45) is 12.3. The Bertz CT molecular complexity index is 2030. The summed E-state index contributed by atoms with van der Waals surface area (Å²) in [7, 11) is -9.04. The summed E-state index contributed by atoms with van der Waals surface area (Å²) in [6, 6.07) is 9.15. The second kappa shape index (κ2) is 16.8. The van der Waals surface area contributed by atoms with Gasteiger partial charge in [-0.2, -0.15) is 13.0 Å². The molecule has 0 aromatic heterocycles. The number of allylic oxidation sites excluding steroid dienone is 4. The number of benzene rings is 2. The SMILES string of the molecule is CCN1/C(=C\C=C\C2=[N+](CCCCCC(=O)NCCCCCCN=[N+]=[N-])c3ccc(S(=O)(=O)[O-])cc3C2(C)C)C(C)(C)c2cc(S(=O)(=O)O)ccc21. The molecule has 282 valence electrons. The molecule has 0 spiro atoms. The average Bonchev–Trinajstić information content (AvgIpc) is 3.42. The van der Waals surface area contributed by atoms with Crippen molar-refractivity contribution in [2.75, 3.05) is 31.1 Å². The van der Waals surface area contributed by atoms with E-state index < -0.39 is 31.1 Å². The van der Waals surface area contributed by atoms with Crippen LogP contribution in [0.25, 0.3) is 10.4 Å². The van der Waals surface area contributed by atoms with E-state index in [1.54, 1.807) is 12.1 Å². The maximum absolute atomic E-state index is 12.4. The summed E-state index contributed by atoms with van der Waals surface area (Å²) >= 11 is 0. The van der Waals surface area contributed by atoms with Gasteiger partial charge in [-0.1, -0.05) is 37.9 Å². The first-order valence-electron chi connectivity index (χ1n) is 17.8. The van der Waals surface area contributed by atoms with Crippen LogP contribution in [-0.2, 0) is 35.9 Å². The Morgan fingerprint density at radius 1 is 0.962 bits per heavy atom. The molecule has 13 nitrogen and oxygen atoms in total. The van der Waals surface area contributed by atoms with Gasteiger partial charge in [0.25, 0.3) is 10.1 Å². The fourth-order valence-electron chi connectivity index (χ4n) is 7.19. The Morgan fingerprint density at radius 3 is 2.31 bits per heavy atom. The van der Waals surface area contributed by atoms with E-state index in [2.05, 4.69) is 24.8 Å². The van der Waals surface area contributed by atoms with Crippen molar-refractivity contribution in [3.05, 3.63) is 81.9 Å². The monoisotopic (exact) mass is 754 g/mol. The van der Waals surface area contributed by atoms with Gasteiger partial charge < -0.3 is 14.8 Å². The van der Waals surface area contributed by atoms with Gasteiger partial charge in [0.2, 0.25) is 11.6 Å². The summed E-state index contributed by atoms with van der Waals surface area (Å²) in [5, 5.41) is 6.50. The minimum Gasteiger partial charge on any atom is -0.744 e. The lowest BCUT2D eigenvalue weighted by atomic mass is 9.81. The normalized spacial score (nSPS) is 17.1. The van der Waals surface area contributed by atoms with Crippen LogP contribution in [0.5, 0.6) is 0 Å². The van der Waals surface area contributed by atoms with E-state index in [4.69, 9.17) is 5.53 Å². The zero-order valence-electron chi connectivity index (χ0n) is 30.6. The van der Waals surface area contributed by atoms with Crippen LogP contribution in [0.2, 0.25) is 0 Å². The lowest BCUT2D eigenvalue weighted by Crippen LogP contribution is -2.28. The van der Waals surface area contributed by atoms with E-state index in [0.29, 0.717) is 39.0 Å². The molecular weight excluding hydrogens is 705 g/mol. The van der Waals surface area contributed by atoms with Crippen LogP contribution < -0.4 is 10.2 Å². The molecule has 1 amide bonds. The second-order valence-corrected chi connectivity index (χ2v) is 17.1. The zero-order chi connectivity index (χ0) is 38.3. The van der Waals surface area contributed by atoms with E-state index in [9.17, 15) is 30.7 Å². The molecule has 2 heterocycles. The third-order valence-corrected chi connectivity index (χ3v) is 11.7. The highest BCUT2D eigenvalue weighted by Crippen LogP contribution is 2.48. The summed E-state index contributed by atoms with van der Waals surface area (Å²) in [6.45, 7) is 12.4. The number of rotatable bonds is 18. The highest BCUT2D eigenvalue weighted by Gasteiger charge is 2.45. The molecule has 0 bridgehead atoms. The number of nitrogens with zero attached hydrogens (tertiary/aromatic N) is 5. The Kier molecular flexibility index (Phi) is 13.1. The van der Waals surface area contributed by atoms with Gasteiger partial charge in [-0.05, 0) is 94.0 Å². The smallest absolute Gasteiger partial charge is 0.294 e. The fraction of sp³-hybridized carbons (Fsp3) is 0.514. The van der Waals surface area contributed by atoms with Crippen LogP contribution >= 0.6 is 0 Å². The quantitative estimate of drug-likeness (QED) is 0.0404. The molecule has 2 N–H and O–H groups in total. The van der Waals surface area contributed by atoms with E-state index in [0.717, 1.165) is 72.4 Å². The number of amides is 1. The molecular formula is C37H50N6O7S2. The van der Waals surface area contributed by atoms with Gasteiger partial charge >= 0.3 is 0 Å². The topological polar surface area (TPSA) is 196 Å². The van der Waals surface area contributed by atoms with Crippen molar-refractivity contribution >= 4 is 43.2 Å². The first-order valence-corrected chi connectivity index (χ1v) is 20.6. The van der Waals surface area contributed by atoms with E-state index in [-0.39, 0.29) is 15.7 Å². The van der Waals surface area contributed by atoms with Crippen LogP contribution in [0.3, 0.4) is 0 Å². The lowest BCUT2D eigenvalue weighted by molar-refractivity contribution is -0.438. The summed E-state index contributed by atoms with van der Waals surface area (Å²) < 4.78 is 71.6. The molecule has 2 aliphatic heterocycles. The number of likely N-dealkylation sites (N-methyl/N-ethyl adjacent to an activating group) is 1. The fourth-order valence-corrected chi connectivity index (χ4v) is 8.20. The van der Waals surface area contributed by atoms with Crippen molar-refractivity contribution < 1.29 is 35.3 Å². The number of fused-ring (bicyclic) bond motifs is 2. The summed E-state index contributed by atoms with van der Waals surface area (Å²) in [5.41, 5.74) is 12.2. The number of nitrogens with one attached hydrogen (secondary N) is 1. The van der Waals surface area contributed by atoms with E-state index in [1.807, 2.05) is 52.8 Å². The maximum Gasteiger partial charge on any atom is 0.294 e. The van der Waals surface area contributed by atoms with Gasteiger partial charge in [0.1, 0.15) is 16.7 Å². The number of unbranched alkanes of at least 4 members (excludes halogenated alkanes) is 5. The average molecular weight is 755 g/mol. The number of anilines is 1. The lowest BCUT2D eigenvalue weighted by Gasteiger charge is -2.25. The van der Waals surface area contributed by atoms with Crippen molar-refractivity contribution in [1.82, 2.24) is 5.32 Å². The van der Waals surface area contributed by atoms with Gasteiger partial charge in [-0.25, -0.2) is 8.42 Å². The molecule has 52 heavy (non-hydrogen) atoms. The van der Waals surface area contributed by atoms with Crippen LogP contribution in [0, 0.1) is 0 Å². The van der Waals surface area contributed by atoms with Crippen LogP contribution in [0.15, 0.2) is 75.2 Å². The van der Waals surface area contributed by atoms with Crippen molar-refractivity contribution in [2.24, 2.45) is 5.11 Å². The highest BCUT2D eigenvalue weighted by molar-refractivity contribution is 7.86. The van der Waals surface area contributed by atoms with Crippen LogP contribution in [0.4, 0.5) is 11.4 Å². The highest BCUT2D eigenvalue weighted by atomic mass is 32.2. The first kappa shape index (κ1) is 40.8. The molecule has 0 fully saturated rings. The molecule has 0 saturated carbocycles. The molecule has 15 heteroatoms. The van der Waals surface area contributed by atoms with Gasteiger partial charge in [0, 0.05) is 71.9 Å². The first-order chi connectivity index (χ1) is 24.4. The Labute approximate surface area is 307 Å². The molecule has 0 radical (unpaired) electrons. The van der Waals surface area contributed by atoms with Crippen molar-refractivity contribution in [3.8, 4) is 0 Å². The van der Waals surface area contributed by atoms with Crippen molar-refractivity contribution in [3.63, 3.8) is 0 Å². The third kappa shape index (κ3) is 9.31. The number of carbonyl (C=O) groups excluding carboxylic acids is 1. The van der Waals surface area contributed by atoms with E-state index >= 15 is 0 Å². The Morgan fingerprint density at radius 2 is 1.63 bits per heavy atom. The molecule has 2 aliphatic rings. The molecule has 0 aliphatic carbocycles. The second-order valence-electron chi connectivity index (χ2n) is 14.3. The van der Waals surface area contributed by atoms with Gasteiger partial charge in [-0.15, -0.1) is 0 Å². The van der Waals surface area contributed by atoms with E-state index in [1.165, 1.54) is 24.3 Å². The predicted molar refractivity (Wildman–Crippen MR) is 201 cm³/mol. The Balaban J connectivity index is 1.51. The maximum atomic E-state index is 12.4. The van der Waals surface area contributed by atoms with Crippen molar-refractivity contribution in [1.29, 1.82) is 0 Å². The minimum absolute atomic E-state index is 0.0172. The van der Waals surface area contributed by atoms with Gasteiger partial charge in [0.05, 0.1) is 15.2 Å². The molecule has 2 aromatic rings.